The maximum Gasteiger partial charge on any atom is 0.330 e. The van der Waals surface area contributed by atoms with Crippen LogP contribution in [0.2, 0.25) is 0 Å². The summed E-state index contributed by atoms with van der Waals surface area (Å²) >= 11 is 0. The summed E-state index contributed by atoms with van der Waals surface area (Å²) in [5.41, 5.74) is 2.70. The zero-order valence-electron chi connectivity index (χ0n) is 12.9. The minimum atomic E-state index is -0.461. The number of carbonyl (C=O) groups excluding carboxylic acids is 1. The Balaban J connectivity index is 1.97. The van der Waals surface area contributed by atoms with Crippen LogP contribution in [0.25, 0.3) is 11.1 Å². The molecule has 0 aliphatic rings. The van der Waals surface area contributed by atoms with Crippen LogP contribution in [0, 0.1) is 11.3 Å². The summed E-state index contributed by atoms with van der Waals surface area (Å²) in [5.74, 6) is 0.237. The van der Waals surface area contributed by atoms with Crippen LogP contribution >= 0.6 is 0 Å². The summed E-state index contributed by atoms with van der Waals surface area (Å²) in [4.78, 5) is 11.0. The summed E-state index contributed by atoms with van der Waals surface area (Å²) in [5, 5.41) is 8.81. The molecule has 0 unspecified atom stereocenters. The second-order valence-electron chi connectivity index (χ2n) is 4.98. The third-order valence-electron chi connectivity index (χ3n) is 3.17. The molecule has 0 radical (unpaired) electrons. The van der Waals surface area contributed by atoms with Gasteiger partial charge < -0.3 is 9.47 Å². The summed E-state index contributed by atoms with van der Waals surface area (Å²) in [6.45, 7) is 5.33. The minimum absolute atomic E-state index is 0.169. The Morgan fingerprint density at radius 3 is 2.26 bits per heavy atom. The van der Waals surface area contributed by atoms with Gasteiger partial charge in [0.15, 0.2) is 0 Å². The Hall–Kier alpha value is -3.06. The van der Waals surface area contributed by atoms with Gasteiger partial charge in [0.25, 0.3) is 0 Å². The molecule has 4 nitrogen and oxygen atoms in total. The van der Waals surface area contributed by atoms with Gasteiger partial charge in [0.2, 0.25) is 0 Å². The van der Waals surface area contributed by atoms with E-state index in [1.54, 1.807) is 12.1 Å². The molecule has 0 saturated carbocycles. The number of rotatable bonds is 6. The first kappa shape index (κ1) is 16.3. The molecule has 1 atom stereocenters. The Bertz CT molecular complexity index is 712. The number of nitriles is 1. The predicted octanol–water partition coefficient (Wildman–Crippen LogP) is 3.72. The standard InChI is InChI=1S/C19H17NO3/c1-3-19(21)22-13-14(2)23-18-10-8-17(9-11-18)16-6-4-15(12-20)5-7-16/h3-11,14H,1,13H2,2H3/t14-/m1/s1. The van der Waals surface area contributed by atoms with Crippen molar-refractivity contribution in [1.82, 2.24) is 0 Å². The summed E-state index contributed by atoms with van der Waals surface area (Å²) in [7, 11) is 0. The number of ether oxygens (including phenoxy) is 2. The van der Waals surface area contributed by atoms with Crippen LogP contribution in [0.15, 0.2) is 61.2 Å². The fourth-order valence-electron chi connectivity index (χ4n) is 1.99. The fourth-order valence-corrected chi connectivity index (χ4v) is 1.99. The van der Waals surface area contributed by atoms with Crippen LogP contribution in [0.5, 0.6) is 5.75 Å². The zero-order chi connectivity index (χ0) is 16.7. The molecule has 0 aliphatic carbocycles. The van der Waals surface area contributed by atoms with Gasteiger partial charge in [-0.15, -0.1) is 0 Å². The summed E-state index contributed by atoms with van der Waals surface area (Å²) < 4.78 is 10.6. The van der Waals surface area contributed by atoms with Gasteiger partial charge in [0.1, 0.15) is 18.5 Å². The Labute approximate surface area is 135 Å². The molecule has 0 fully saturated rings. The van der Waals surface area contributed by atoms with Crippen LogP contribution in [-0.2, 0) is 9.53 Å². The molecule has 23 heavy (non-hydrogen) atoms. The van der Waals surface area contributed by atoms with E-state index in [0.29, 0.717) is 11.3 Å². The maximum atomic E-state index is 11.0. The molecule has 0 bridgehead atoms. The number of benzene rings is 2. The van der Waals surface area contributed by atoms with Gasteiger partial charge >= 0.3 is 5.97 Å². The van der Waals surface area contributed by atoms with Crippen LogP contribution in [0.4, 0.5) is 0 Å². The Morgan fingerprint density at radius 1 is 1.17 bits per heavy atom. The van der Waals surface area contributed by atoms with E-state index in [-0.39, 0.29) is 12.7 Å². The third kappa shape index (κ3) is 4.72. The molecule has 0 saturated heterocycles. The molecule has 2 rings (SSSR count). The molecular weight excluding hydrogens is 290 g/mol. The van der Waals surface area contributed by atoms with E-state index in [1.165, 1.54) is 0 Å². The van der Waals surface area contributed by atoms with Crippen molar-refractivity contribution in [3.8, 4) is 22.9 Å². The van der Waals surface area contributed by atoms with Crippen LogP contribution in [0.1, 0.15) is 12.5 Å². The summed E-state index contributed by atoms with van der Waals surface area (Å²) in [6.07, 6.45) is 0.874. The van der Waals surface area contributed by atoms with Gasteiger partial charge in [-0.1, -0.05) is 30.8 Å². The highest BCUT2D eigenvalue weighted by atomic mass is 16.6. The SMILES string of the molecule is C=CC(=O)OC[C@@H](C)Oc1ccc(-c2ccc(C#N)cc2)cc1. The lowest BCUT2D eigenvalue weighted by molar-refractivity contribution is -0.139. The number of hydrogen-bond acceptors (Lipinski definition) is 4. The van der Waals surface area contributed by atoms with Gasteiger partial charge in [-0.3, -0.25) is 0 Å². The van der Waals surface area contributed by atoms with Crippen molar-refractivity contribution in [3.05, 3.63) is 66.7 Å². The van der Waals surface area contributed by atoms with E-state index in [1.807, 2.05) is 43.3 Å². The molecule has 116 valence electrons. The monoisotopic (exact) mass is 307 g/mol. The molecule has 0 aromatic heterocycles. The molecule has 0 aliphatic heterocycles. The molecule has 0 N–H and O–H groups in total. The average molecular weight is 307 g/mol. The smallest absolute Gasteiger partial charge is 0.330 e. The zero-order valence-corrected chi connectivity index (χ0v) is 12.9. The number of nitrogens with zero attached hydrogens (tertiary/aromatic N) is 1. The molecular formula is C19H17NO3. The van der Waals surface area contributed by atoms with E-state index in [0.717, 1.165) is 17.2 Å². The normalized spacial score (nSPS) is 11.1. The molecule has 0 heterocycles. The Kier molecular flexibility index (Phi) is 5.54. The first-order valence-corrected chi connectivity index (χ1v) is 7.19. The van der Waals surface area contributed by atoms with Crippen molar-refractivity contribution < 1.29 is 14.3 Å². The third-order valence-corrected chi connectivity index (χ3v) is 3.17. The lowest BCUT2D eigenvalue weighted by Gasteiger charge is -2.14. The van der Waals surface area contributed by atoms with Gasteiger partial charge in [0, 0.05) is 6.08 Å². The van der Waals surface area contributed by atoms with E-state index in [9.17, 15) is 4.79 Å². The summed E-state index contributed by atoms with van der Waals surface area (Å²) in [6, 6.07) is 17.1. The van der Waals surface area contributed by atoms with Crippen molar-refractivity contribution in [2.45, 2.75) is 13.0 Å². The largest absolute Gasteiger partial charge is 0.487 e. The maximum absolute atomic E-state index is 11.0. The van der Waals surface area contributed by atoms with Crippen molar-refractivity contribution in [1.29, 1.82) is 5.26 Å². The second-order valence-corrected chi connectivity index (χ2v) is 4.98. The van der Waals surface area contributed by atoms with Crippen molar-refractivity contribution in [2.75, 3.05) is 6.61 Å². The lowest BCUT2D eigenvalue weighted by Crippen LogP contribution is -2.20. The average Bonchev–Trinajstić information content (AvgIpc) is 2.60. The van der Waals surface area contributed by atoms with Crippen LogP contribution in [0.3, 0.4) is 0 Å². The van der Waals surface area contributed by atoms with Crippen LogP contribution in [-0.4, -0.2) is 18.7 Å². The van der Waals surface area contributed by atoms with Gasteiger partial charge in [-0.25, -0.2) is 4.79 Å². The van der Waals surface area contributed by atoms with Gasteiger partial charge in [0.05, 0.1) is 11.6 Å². The molecule has 2 aromatic rings. The number of hydrogen-bond donors (Lipinski definition) is 0. The van der Waals surface area contributed by atoms with Crippen molar-refractivity contribution in [2.24, 2.45) is 0 Å². The van der Waals surface area contributed by atoms with Gasteiger partial charge in [-0.2, -0.15) is 5.26 Å². The first-order chi connectivity index (χ1) is 11.1. The van der Waals surface area contributed by atoms with E-state index >= 15 is 0 Å². The first-order valence-electron chi connectivity index (χ1n) is 7.19. The molecule has 4 heteroatoms. The van der Waals surface area contributed by atoms with E-state index < -0.39 is 5.97 Å². The van der Waals surface area contributed by atoms with Crippen molar-refractivity contribution >= 4 is 5.97 Å². The molecule has 0 spiro atoms. The lowest BCUT2D eigenvalue weighted by atomic mass is 10.0. The van der Waals surface area contributed by atoms with Crippen LogP contribution < -0.4 is 4.74 Å². The topological polar surface area (TPSA) is 59.3 Å². The highest BCUT2D eigenvalue weighted by Gasteiger charge is 2.07. The Morgan fingerprint density at radius 2 is 1.74 bits per heavy atom. The highest BCUT2D eigenvalue weighted by molar-refractivity contribution is 5.81. The quantitative estimate of drug-likeness (QED) is 0.603. The highest BCUT2D eigenvalue weighted by Crippen LogP contribution is 2.23. The number of carbonyl (C=O) groups is 1. The predicted molar refractivity (Wildman–Crippen MR) is 87.8 cm³/mol. The number of esters is 1. The van der Waals surface area contributed by atoms with Gasteiger partial charge in [-0.05, 0) is 42.3 Å². The minimum Gasteiger partial charge on any atom is -0.487 e. The fraction of sp³-hybridized carbons (Fsp3) is 0.158. The van der Waals surface area contributed by atoms with E-state index in [2.05, 4.69) is 12.6 Å². The van der Waals surface area contributed by atoms with E-state index in [4.69, 9.17) is 14.7 Å². The molecule has 0 amide bonds. The van der Waals surface area contributed by atoms with Crippen molar-refractivity contribution in [3.63, 3.8) is 0 Å². The molecule has 2 aromatic carbocycles. The second kappa shape index (κ2) is 7.81.